The van der Waals surface area contributed by atoms with E-state index in [9.17, 15) is 0 Å². The Morgan fingerprint density at radius 2 is 1.89 bits per heavy atom. The average Bonchev–Trinajstić information content (AvgIpc) is 2.39. The Hall–Kier alpha value is -1.10. The maximum Gasteiger partial charge on any atom is 0.203 e. The van der Waals surface area contributed by atoms with Crippen LogP contribution in [0.3, 0.4) is 0 Å². The van der Waals surface area contributed by atoms with Crippen molar-refractivity contribution in [1.82, 2.24) is 5.32 Å². The van der Waals surface area contributed by atoms with Gasteiger partial charge in [-0.15, -0.1) is 0 Å². The van der Waals surface area contributed by atoms with E-state index in [0.717, 1.165) is 19.6 Å². The van der Waals surface area contributed by atoms with E-state index in [0.29, 0.717) is 6.04 Å². The van der Waals surface area contributed by atoms with Crippen molar-refractivity contribution >= 4 is 5.69 Å². The smallest absolute Gasteiger partial charge is 0.203 e. The molecule has 4 nitrogen and oxygen atoms in total. The molecule has 0 aliphatic carbocycles. The van der Waals surface area contributed by atoms with Gasteiger partial charge in [-0.05, 0) is 25.1 Å². The number of benzene rings is 1. The Morgan fingerprint density at radius 1 is 1.26 bits per heavy atom. The third kappa shape index (κ3) is 2.76. The van der Waals surface area contributed by atoms with Crippen LogP contribution in [0.5, 0.6) is 0 Å². The topological polar surface area (TPSA) is 33.7 Å². The molecule has 0 saturated carbocycles. The van der Waals surface area contributed by atoms with Gasteiger partial charge in [-0.1, -0.05) is 25.1 Å². The molecule has 1 fully saturated rings. The van der Waals surface area contributed by atoms with Gasteiger partial charge in [0.2, 0.25) is 5.79 Å². The van der Waals surface area contributed by atoms with Crippen molar-refractivity contribution in [3.8, 4) is 0 Å². The highest BCUT2D eigenvalue weighted by Gasteiger charge is 2.44. The summed E-state index contributed by atoms with van der Waals surface area (Å²) in [5.41, 5.74) is 2.59. The number of nitrogens with zero attached hydrogens (tertiary/aromatic N) is 1. The number of nitrogens with one attached hydrogen (secondary N) is 1. The molecule has 0 aromatic heterocycles. The molecule has 0 spiro atoms. The minimum absolute atomic E-state index is 0.348. The molecule has 1 unspecified atom stereocenters. The third-order valence-corrected chi connectivity index (χ3v) is 3.86. The minimum atomic E-state index is -0.436. The van der Waals surface area contributed by atoms with Gasteiger partial charge < -0.3 is 19.7 Å². The molecular weight excluding hydrogens is 240 g/mol. The predicted molar refractivity (Wildman–Crippen MR) is 77.5 cm³/mol. The zero-order valence-corrected chi connectivity index (χ0v) is 12.3. The van der Waals surface area contributed by atoms with Crippen LogP contribution in [0.25, 0.3) is 0 Å². The third-order valence-electron chi connectivity index (χ3n) is 3.86. The lowest BCUT2D eigenvalue weighted by molar-refractivity contribution is -0.219. The number of rotatable bonds is 6. The van der Waals surface area contributed by atoms with E-state index in [4.69, 9.17) is 9.47 Å². The minimum Gasteiger partial charge on any atom is -0.360 e. The number of hydrogen-bond acceptors (Lipinski definition) is 4. The van der Waals surface area contributed by atoms with Crippen LogP contribution < -0.4 is 10.2 Å². The second-order valence-electron chi connectivity index (χ2n) is 5.01. The first kappa shape index (κ1) is 14.3. The second kappa shape index (κ2) is 5.90. The van der Waals surface area contributed by atoms with Crippen molar-refractivity contribution in [2.45, 2.75) is 25.7 Å². The zero-order chi connectivity index (χ0) is 13.9. The molecule has 0 bridgehead atoms. The summed E-state index contributed by atoms with van der Waals surface area (Å²) in [6.45, 7) is 6.84. The molecule has 0 radical (unpaired) electrons. The van der Waals surface area contributed by atoms with Crippen molar-refractivity contribution < 1.29 is 9.47 Å². The predicted octanol–water partition coefficient (Wildman–Crippen LogP) is 2.17. The van der Waals surface area contributed by atoms with E-state index in [2.05, 4.69) is 48.3 Å². The van der Waals surface area contributed by atoms with E-state index in [-0.39, 0.29) is 0 Å². The fraction of sp³-hybridized carbons (Fsp3) is 0.600. The van der Waals surface area contributed by atoms with Gasteiger partial charge in [0.15, 0.2) is 0 Å². The molecule has 19 heavy (non-hydrogen) atoms. The Labute approximate surface area is 115 Å². The highest BCUT2D eigenvalue weighted by molar-refractivity contribution is 5.57. The van der Waals surface area contributed by atoms with Gasteiger partial charge in [-0.2, -0.15) is 0 Å². The van der Waals surface area contributed by atoms with E-state index < -0.39 is 5.79 Å². The molecule has 1 aliphatic heterocycles. The lowest BCUT2D eigenvalue weighted by Gasteiger charge is -2.49. The van der Waals surface area contributed by atoms with Crippen LogP contribution in [0.15, 0.2) is 24.3 Å². The molecule has 1 aromatic rings. The molecule has 1 aromatic carbocycles. The Kier molecular flexibility index (Phi) is 4.45. The second-order valence-corrected chi connectivity index (χ2v) is 5.01. The highest BCUT2D eigenvalue weighted by Crippen LogP contribution is 2.34. The summed E-state index contributed by atoms with van der Waals surface area (Å²) in [6, 6.07) is 8.87. The molecule has 1 atom stereocenters. The Morgan fingerprint density at radius 3 is 2.47 bits per heavy atom. The van der Waals surface area contributed by atoms with Crippen molar-refractivity contribution in [2.75, 3.05) is 38.8 Å². The first-order valence-corrected chi connectivity index (χ1v) is 6.83. The summed E-state index contributed by atoms with van der Waals surface area (Å²) in [7, 11) is 3.40. The van der Waals surface area contributed by atoms with E-state index in [1.54, 1.807) is 14.2 Å². The fourth-order valence-corrected chi connectivity index (χ4v) is 2.60. The van der Waals surface area contributed by atoms with Crippen molar-refractivity contribution in [3.63, 3.8) is 0 Å². The number of ether oxygens (including phenoxy) is 2. The average molecular weight is 264 g/mol. The van der Waals surface area contributed by atoms with Gasteiger partial charge in [0.1, 0.15) is 0 Å². The molecule has 4 heteroatoms. The van der Waals surface area contributed by atoms with Gasteiger partial charge in [0.25, 0.3) is 0 Å². The quantitative estimate of drug-likeness (QED) is 0.798. The SMILES string of the molecule is CCNC(C)c1ccccc1N1CC(OC)(OC)C1. The molecule has 2 rings (SSSR count). The number of hydrogen-bond donors (Lipinski definition) is 1. The lowest BCUT2D eigenvalue weighted by Crippen LogP contribution is -2.64. The van der Waals surface area contributed by atoms with Gasteiger partial charge in [-0.25, -0.2) is 0 Å². The molecule has 106 valence electrons. The van der Waals surface area contributed by atoms with E-state index in [1.165, 1.54) is 11.3 Å². The number of para-hydroxylation sites is 1. The number of methoxy groups -OCH3 is 2. The summed E-state index contributed by atoms with van der Waals surface area (Å²) in [5.74, 6) is -0.436. The summed E-state index contributed by atoms with van der Waals surface area (Å²) < 4.78 is 10.9. The fourth-order valence-electron chi connectivity index (χ4n) is 2.60. The maximum absolute atomic E-state index is 5.44. The monoisotopic (exact) mass is 264 g/mol. The van der Waals surface area contributed by atoms with Crippen LogP contribution in [0.2, 0.25) is 0 Å². The van der Waals surface area contributed by atoms with Gasteiger partial charge in [-0.3, -0.25) is 0 Å². The molecule has 1 heterocycles. The standard InChI is InChI=1S/C15H24N2O2/c1-5-16-12(2)13-8-6-7-9-14(13)17-10-15(11-17,18-3)19-4/h6-9,12,16H,5,10-11H2,1-4H3. The summed E-state index contributed by atoms with van der Waals surface area (Å²) >= 11 is 0. The van der Waals surface area contributed by atoms with Crippen LogP contribution in [-0.2, 0) is 9.47 Å². The first-order chi connectivity index (χ1) is 9.15. The van der Waals surface area contributed by atoms with Crippen LogP contribution >= 0.6 is 0 Å². The molecule has 1 aliphatic rings. The maximum atomic E-state index is 5.44. The van der Waals surface area contributed by atoms with Gasteiger partial charge in [0.05, 0.1) is 13.1 Å². The van der Waals surface area contributed by atoms with E-state index >= 15 is 0 Å². The molecule has 1 N–H and O–H groups in total. The molecular formula is C15H24N2O2. The molecule has 0 amide bonds. The summed E-state index contributed by atoms with van der Waals surface area (Å²) in [6.07, 6.45) is 0. The van der Waals surface area contributed by atoms with Gasteiger partial charge >= 0.3 is 0 Å². The van der Waals surface area contributed by atoms with E-state index in [1.807, 2.05) is 0 Å². The Balaban J connectivity index is 2.14. The zero-order valence-electron chi connectivity index (χ0n) is 12.3. The highest BCUT2D eigenvalue weighted by atomic mass is 16.7. The van der Waals surface area contributed by atoms with Crippen molar-refractivity contribution in [3.05, 3.63) is 29.8 Å². The van der Waals surface area contributed by atoms with Gasteiger partial charge in [0, 0.05) is 25.9 Å². The Bertz CT molecular complexity index is 410. The van der Waals surface area contributed by atoms with Crippen LogP contribution in [0.1, 0.15) is 25.5 Å². The number of anilines is 1. The van der Waals surface area contributed by atoms with Crippen LogP contribution in [0.4, 0.5) is 5.69 Å². The van der Waals surface area contributed by atoms with Crippen molar-refractivity contribution in [2.24, 2.45) is 0 Å². The normalized spacial score (nSPS) is 19.1. The van der Waals surface area contributed by atoms with Crippen LogP contribution in [0, 0.1) is 0 Å². The lowest BCUT2D eigenvalue weighted by atomic mass is 10.00. The summed E-state index contributed by atoms with van der Waals surface area (Å²) in [4.78, 5) is 2.30. The molecule has 1 saturated heterocycles. The van der Waals surface area contributed by atoms with Crippen LogP contribution in [-0.4, -0.2) is 39.6 Å². The first-order valence-electron chi connectivity index (χ1n) is 6.83. The summed E-state index contributed by atoms with van der Waals surface area (Å²) in [5, 5.41) is 3.46. The largest absolute Gasteiger partial charge is 0.360 e. The van der Waals surface area contributed by atoms with Crippen molar-refractivity contribution in [1.29, 1.82) is 0 Å².